The molecule has 2 aromatic rings. The van der Waals surface area contributed by atoms with Gasteiger partial charge in [-0.3, -0.25) is 4.90 Å². The maximum atomic E-state index is 13.1. The standard InChI is InChI=1S/C30H39F3N4O3/c1-36-14-10-24(11-15-36)37-16-13-29(20-7-8-25(39-2)26(18-20)40-3)12-9-23(19-27(29)37)35-28(38)34-22-6-4-5-21(17-22)30(31,32)33/h4-8,17-18,23-24,27H,9-16,19H2,1-3H3,(H2,34,35,38)/t23-,27+,29-/m0/s1. The zero-order valence-electron chi connectivity index (χ0n) is 23.4. The highest BCUT2D eigenvalue weighted by molar-refractivity contribution is 5.89. The van der Waals surface area contributed by atoms with Gasteiger partial charge in [0.15, 0.2) is 11.5 Å². The van der Waals surface area contributed by atoms with Crippen molar-refractivity contribution in [1.82, 2.24) is 15.1 Å². The summed E-state index contributed by atoms with van der Waals surface area (Å²) in [6.07, 6.45) is 1.24. The molecule has 10 heteroatoms. The molecule has 2 N–H and O–H groups in total. The van der Waals surface area contributed by atoms with Gasteiger partial charge in [-0.15, -0.1) is 0 Å². The van der Waals surface area contributed by atoms with E-state index in [0.717, 1.165) is 70.3 Å². The lowest BCUT2D eigenvalue weighted by atomic mass is 9.65. The summed E-state index contributed by atoms with van der Waals surface area (Å²) >= 11 is 0. The van der Waals surface area contributed by atoms with E-state index < -0.39 is 17.8 Å². The van der Waals surface area contributed by atoms with E-state index in [1.165, 1.54) is 17.7 Å². The molecule has 218 valence electrons. The second kappa shape index (κ2) is 11.5. The Morgan fingerprint density at radius 3 is 2.42 bits per heavy atom. The first-order valence-corrected chi connectivity index (χ1v) is 14.0. The number of carbonyl (C=O) groups is 1. The van der Waals surface area contributed by atoms with Crippen molar-refractivity contribution in [2.45, 2.75) is 68.2 Å². The van der Waals surface area contributed by atoms with Crippen LogP contribution in [0.5, 0.6) is 11.5 Å². The molecule has 0 radical (unpaired) electrons. The van der Waals surface area contributed by atoms with Gasteiger partial charge in [-0.1, -0.05) is 12.1 Å². The van der Waals surface area contributed by atoms with Crippen LogP contribution in [0.3, 0.4) is 0 Å². The molecule has 0 spiro atoms. The molecule has 1 saturated carbocycles. The fourth-order valence-corrected chi connectivity index (χ4v) is 7.09. The van der Waals surface area contributed by atoms with E-state index >= 15 is 0 Å². The predicted molar refractivity (Wildman–Crippen MR) is 148 cm³/mol. The van der Waals surface area contributed by atoms with Crippen molar-refractivity contribution >= 4 is 11.7 Å². The minimum absolute atomic E-state index is 0.0708. The van der Waals surface area contributed by atoms with Crippen LogP contribution in [-0.4, -0.2) is 74.9 Å². The highest BCUT2D eigenvalue weighted by atomic mass is 19.4. The molecule has 2 aliphatic heterocycles. The molecular weight excluding hydrogens is 521 g/mol. The Morgan fingerprint density at radius 2 is 1.73 bits per heavy atom. The fourth-order valence-electron chi connectivity index (χ4n) is 7.09. The summed E-state index contributed by atoms with van der Waals surface area (Å²) in [6, 6.07) is 11.1. The number of anilines is 1. The van der Waals surface area contributed by atoms with Gasteiger partial charge in [-0.05, 0) is 101 Å². The number of amides is 2. The molecule has 2 heterocycles. The summed E-state index contributed by atoms with van der Waals surface area (Å²) in [5.41, 5.74) is 0.495. The number of rotatable bonds is 6. The molecule has 3 atom stereocenters. The van der Waals surface area contributed by atoms with Gasteiger partial charge in [0.05, 0.1) is 19.8 Å². The van der Waals surface area contributed by atoms with Crippen LogP contribution < -0.4 is 20.1 Å². The van der Waals surface area contributed by atoms with Crippen molar-refractivity contribution in [1.29, 1.82) is 0 Å². The van der Waals surface area contributed by atoms with Gasteiger partial charge in [-0.2, -0.15) is 13.2 Å². The number of methoxy groups -OCH3 is 2. The number of hydrogen-bond acceptors (Lipinski definition) is 5. The topological polar surface area (TPSA) is 66.1 Å². The molecule has 2 aromatic carbocycles. The van der Waals surface area contributed by atoms with Crippen molar-refractivity contribution in [3.63, 3.8) is 0 Å². The third-order valence-electron chi connectivity index (χ3n) is 9.20. The zero-order valence-corrected chi connectivity index (χ0v) is 23.4. The van der Waals surface area contributed by atoms with Crippen molar-refractivity contribution in [3.8, 4) is 11.5 Å². The summed E-state index contributed by atoms with van der Waals surface area (Å²) in [6.45, 7) is 3.13. The molecule has 1 aliphatic carbocycles. The molecule has 0 aromatic heterocycles. The Labute approximate surface area is 234 Å². The van der Waals surface area contributed by atoms with E-state index in [2.05, 4.69) is 39.6 Å². The number of hydrogen-bond donors (Lipinski definition) is 2. The molecule has 2 amide bonds. The first-order valence-electron chi connectivity index (χ1n) is 14.0. The van der Waals surface area contributed by atoms with Gasteiger partial charge >= 0.3 is 12.2 Å². The van der Waals surface area contributed by atoms with Crippen LogP contribution in [0.1, 0.15) is 49.7 Å². The van der Waals surface area contributed by atoms with E-state index in [0.29, 0.717) is 17.5 Å². The van der Waals surface area contributed by atoms with Gasteiger partial charge in [0, 0.05) is 29.2 Å². The zero-order chi connectivity index (χ0) is 28.5. The first kappa shape index (κ1) is 28.5. The number of benzene rings is 2. The summed E-state index contributed by atoms with van der Waals surface area (Å²) in [5.74, 6) is 1.41. The quantitative estimate of drug-likeness (QED) is 0.488. The summed E-state index contributed by atoms with van der Waals surface area (Å²) < 4.78 is 50.5. The Kier molecular flexibility index (Phi) is 8.20. The van der Waals surface area contributed by atoms with E-state index in [1.807, 2.05) is 6.07 Å². The summed E-state index contributed by atoms with van der Waals surface area (Å²) in [5, 5.41) is 5.68. The van der Waals surface area contributed by atoms with Gasteiger partial charge in [0.2, 0.25) is 0 Å². The number of nitrogens with one attached hydrogen (secondary N) is 2. The fraction of sp³-hybridized carbons (Fsp3) is 0.567. The number of ether oxygens (including phenoxy) is 2. The van der Waals surface area contributed by atoms with Crippen LogP contribution in [0, 0.1) is 0 Å². The van der Waals surface area contributed by atoms with Crippen molar-refractivity contribution in [2.75, 3.05) is 46.2 Å². The number of urea groups is 1. The van der Waals surface area contributed by atoms with Crippen LogP contribution in [0.25, 0.3) is 0 Å². The second-order valence-corrected chi connectivity index (χ2v) is 11.4. The number of fused-ring (bicyclic) bond motifs is 1. The van der Waals surface area contributed by atoms with Crippen LogP contribution >= 0.6 is 0 Å². The number of piperidine rings is 1. The number of likely N-dealkylation sites (tertiary alicyclic amines) is 2. The third kappa shape index (κ3) is 5.74. The molecule has 5 rings (SSSR count). The van der Waals surface area contributed by atoms with Crippen LogP contribution in [0.15, 0.2) is 42.5 Å². The molecule has 2 saturated heterocycles. The van der Waals surface area contributed by atoms with Crippen molar-refractivity contribution in [2.24, 2.45) is 0 Å². The Bertz CT molecular complexity index is 1200. The number of alkyl halides is 3. The molecule has 0 bridgehead atoms. The lowest BCUT2D eigenvalue weighted by Crippen LogP contribution is -2.56. The minimum atomic E-state index is -4.47. The van der Waals surface area contributed by atoms with Crippen molar-refractivity contribution in [3.05, 3.63) is 53.6 Å². The minimum Gasteiger partial charge on any atom is -0.493 e. The summed E-state index contributed by atoms with van der Waals surface area (Å²) in [4.78, 5) is 17.9. The van der Waals surface area contributed by atoms with Gasteiger partial charge in [-0.25, -0.2) is 4.79 Å². The maximum Gasteiger partial charge on any atom is 0.416 e. The average molecular weight is 561 g/mol. The maximum absolute atomic E-state index is 13.1. The predicted octanol–water partition coefficient (Wildman–Crippen LogP) is 5.50. The molecule has 7 nitrogen and oxygen atoms in total. The van der Waals surface area contributed by atoms with Crippen molar-refractivity contribution < 1.29 is 27.4 Å². The second-order valence-electron chi connectivity index (χ2n) is 11.4. The molecule has 3 aliphatic rings. The monoisotopic (exact) mass is 560 g/mol. The molecule has 3 fully saturated rings. The van der Waals surface area contributed by atoms with Gasteiger partial charge in [0.1, 0.15) is 0 Å². The molecule has 0 unspecified atom stereocenters. The largest absolute Gasteiger partial charge is 0.493 e. The Balaban J connectivity index is 1.35. The van der Waals surface area contributed by atoms with E-state index in [9.17, 15) is 18.0 Å². The van der Waals surface area contributed by atoms with E-state index in [4.69, 9.17) is 9.47 Å². The normalized spacial score (nSPS) is 26.2. The van der Waals surface area contributed by atoms with Crippen LogP contribution in [0.4, 0.5) is 23.7 Å². The molecule has 40 heavy (non-hydrogen) atoms. The Hall–Kier alpha value is -2.98. The summed E-state index contributed by atoms with van der Waals surface area (Å²) in [7, 11) is 5.45. The number of halogens is 3. The smallest absolute Gasteiger partial charge is 0.416 e. The van der Waals surface area contributed by atoms with Gasteiger partial charge < -0.3 is 25.0 Å². The van der Waals surface area contributed by atoms with Crippen LogP contribution in [-0.2, 0) is 11.6 Å². The van der Waals surface area contributed by atoms with E-state index in [1.54, 1.807) is 14.2 Å². The lowest BCUT2D eigenvalue weighted by molar-refractivity contribution is -0.137. The average Bonchev–Trinajstić information content (AvgIpc) is 3.32. The number of carbonyl (C=O) groups excluding carboxylic acids is 1. The van der Waals surface area contributed by atoms with Crippen LogP contribution in [0.2, 0.25) is 0 Å². The SMILES string of the molecule is COc1ccc([C@@]23CC[C@H](NC(=O)Nc4cccc(C(F)(F)F)c4)C[C@H]2N(C2CCN(C)CC2)CC3)cc1OC. The highest BCUT2D eigenvalue weighted by Crippen LogP contribution is 2.51. The molecular formula is C30H39F3N4O3. The first-order chi connectivity index (χ1) is 19.1. The van der Waals surface area contributed by atoms with E-state index in [-0.39, 0.29) is 23.2 Å². The third-order valence-corrected chi connectivity index (χ3v) is 9.20. The highest BCUT2D eigenvalue weighted by Gasteiger charge is 2.53. The Morgan fingerprint density at radius 1 is 0.975 bits per heavy atom. The lowest BCUT2D eigenvalue weighted by Gasteiger charge is -2.48. The van der Waals surface area contributed by atoms with Gasteiger partial charge in [0.25, 0.3) is 0 Å². The number of nitrogens with zero attached hydrogens (tertiary/aromatic N) is 2.